The molecule has 1 aliphatic carbocycles. The Balaban J connectivity index is -0.000000289. The molecule has 0 unspecified atom stereocenters. The van der Waals surface area contributed by atoms with Gasteiger partial charge in [-0.25, -0.2) is 0 Å². The first-order chi connectivity index (χ1) is 12.9. The topological polar surface area (TPSA) is 18.5 Å². The summed E-state index contributed by atoms with van der Waals surface area (Å²) < 4.78 is 10.4. The number of methoxy groups -OCH3 is 1. The Bertz CT molecular complexity index is 224. The molecule has 0 amide bonds. The second-order valence-electron chi connectivity index (χ2n) is 8.21. The quantitative estimate of drug-likeness (QED) is 0.482. The summed E-state index contributed by atoms with van der Waals surface area (Å²) in [6.07, 6.45) is 12.3. The van der Waals surface area contributed by atoms with Gasteiger partial charge in [-0.3, -0.25) is 0 Å². The number of hydrogen-bond acceptors (Lipinski definition) is 2. The van der Waals surface area contributed by atoms with Crippen molar-refractivity contribution in [1.29, 1.82) is 0 Å². The molecule has 2 nitrogen and oxygen atoms in total. The minimum Gasteiger partial charge on any atom is -0.381 e. The van der Waals surface area contributed by atoms with Crippen LogP contribution in [0, 0.1) is 17.8 Å². The molecular weight excluding hydrogens is 332 g/mol. The highest BCUT2D eigenvalue weighted by atomic mass is 16.5. The van der Waals surface area contributed by atoms with E-state index in [0.717, 1.165) is 31.0 Å². The molecule has 27 heavy (non-hydrogen) atoms. The van der Waals surface area contributed by atoms with Gasteiger partial charge in [-0.1, -0.05) is 81.6 Å². The van der Waals surface area contributed by atoms with E-state index in [-0.39, 0.29) is 0 Å². The third-order valence-corrected chi connectivity index (χ3v) is 5.12. The molecule has 1 saturated heterocycles. The van der Waals surface area contributed by atoms with Gasteiger partial charge in [0.2, 0.25) is 0 Å². The van der Waals surface area contributed by atoms with Crippen LogP contribution in [0.5, 0.6) is 0 Å². The maximum atomic E-state index is 5.24. The SMILES string of the molecule is CC.CC1CCOCC1.CCC(C)C.CCCC.COC1CCC(C)CC1. The van der Waals surface area contributed by atoms with E-state index in [9.17, 15) is 0 Å². The minimum atomic E-state index is 0.571. The predicted octanol–water partition coefficient (Wildman–Crippen LogP) is 8.53. The van der Waals surface area contributed by atoms with E-state index in [1.165, 1.54) is 57.8 Å². The Hall–Kier alpha value is -0.0800. The minimum absolute atomic E-state index is 0.571. The molecule has 1 heterocycles. The van der Waals surface area contributed by atoms with Crippen LogP contribution in [0.4, 0.5) is 0 Å². The van der Waals surface area contributed by atoms with Crippen molar-refractivity contribution in [2.24, 2.45) is 17.8 Å². The Morgan fingerprint density at radius 1 is 0.778 bits per heavy atom. The second-order valence-corrected chi connectivity index (χ2v) is 8.21. The number of unbranched alkanes of at least 4 members (excludes halogenated alkanes) is 1. The average Bonchev–Trinajstić information content (AvgIpc) is 2.72. The molecule has 0 bridgehead atoms. The molecule has 2 rings (SSSR count). The average molecular weight is 389 g/mol. The highest BCUT2D eigenvalue weighted by Gasteiger charge is 2.16. The molecule has 168 valence electrons. The zero-order chi connectivity index (χ0) is 21.5. The lowest BCUT2D eigenvalue weighted by Gasteiger charge is -2.24. The van der Waals surface area contributed by atoms with Crippen molar-refractivity contribution in [3.05, 3.63) is 0 Å². The lowest BCUT2D eigenvalue weighted by Crippen LogP contribution is -2.18. The Morgan fingerprint density at radius 2 is 1.15 bits per heavy atom. The maximum absolute atomic E-state index is 5.24. The highest BCUT2D eigenvalue weighted by Crippen LogP contribution is 2.24. The van der Waals surface area contributed by atoms with Crippen LogP contribution in [0.3, 0.4) is 0 Å². The summed E-state index contributed by atoms with van der Waals surface area (Å²) in [4.78, 5) is 0. The molecule has 0 aromatic heterocycles. The van der Waals surface area contributed by atoms with Gasteiger partial charge in [0, 0.05) is 20.3 Å². The molecule has 2 fully saturated rings. The summed E-state index contributed by atoms with van der Waals surface area (Å²) in [7, 11) is 1.82. The summed E-state index contributed by atoms with van der Waals surface area (Å²) in [6, 6.07) is 0. The second kappa shape index (κ2) is 25.9. The fourth-order valence-corrected chi connectivity index (χ4v) is 2.28. The van der Waals surface area contributed by atoms with E-state index >= 15 is 0 Å². The number of ether oxygens (including phenoxy) is 2. The van der Waals surface area contributed by atoms with Gasteiger partial charge in [-0.15, -0.1) is 0 Å². The Morgan fingerprint density at radius 3 is 1.37 bits per heavy atom. The lowest BCUT2D eigenvalue weighted by molar-refractivity contribution is 0.0593. The molecular formula is C25H56O2. The van der Waals surface area contributed by atoms with Crippen LogP contribution >= 0.6 is 0 Å². The fraction of sp³-hybridized carbons (Fsp3) is 1.00. The molecule has 1 saturated carbocycles. The summed E-state index contributed by atoms with van der Waals surface area (Å²) in [6.45, 7) is 21.6. The van der Waals surface area contributed by atoms with Crippen LogP contribution in [0.15, 0.2) is 0 Å². The molecule has 2 heteroatoms. The van der Waals surface area contributed by atoms with E-state index in [1.807, 2.05) is 21.0 Å². The van der Waals surface area contributed by atoms with Crippen molar-refractivity contribution in [3.8, 4) is 0 Å². The summed E-state index contributed by atoms with van der Waals surface area (Å²) >= 11 is 0. The van der Waals surface area contributed by atoms with Gasteiger partial charge in [0.25, 0.3) is 0 Å². The molecule has 2 aliphatic rings. The zero-order valence-corrected chi connectivity index (χ0v) is 20.9. The standard InChI is InChI=1S/C8H16O.C6H12O.C5H12.C4H10.C2H6/c1-7-3-5-8(9-2)6-4-7;1-6-2-4-7-5-3-6;1-4-5(2)3;1-3-4-2;1-2/h7-8H,3-6H2,1-2H3;6H,2-5H2,1H3;5H,4H2,1-3H3;3-4H2,1-2H3;1-2H3. The van der Waals surface area contributed by atoms with Gasteiger partial charge in [0.05, 0.1) is 6.10 Å². The monoisotopic (exact) mass is 388 g/mol. The predicted molar refractivity (Wildman–Crippen MR) is 125 cm³/mol. The van der Waals surface area contributed by atoms with Crippen LogP contribution in [0.25, 0.3) is 0 Å². The van der Waals surface area contributed by atoms with Gasteiger partial charge >= 0.3 is 0 Å². The molecule has 0 spiro atoms. The van der Waals surface area contributed by atoms with Crippen LogP contribution in [-0.2, 0) is 9.47 Å². The van der Waals surface area contributed by atoms with Crippen molar-refractivity contribution in [2.75, 3.05) is 20.3 Å². The zero-order valence-electron chi connectivity index (χ0n) is 20.9. The van der Waals surface area contributed by atoms with E-state index < -0.39 is 0 Å². The first-order valence-electron chi connectivity index (χ1n) is 12.0. The van der Waals surface area contributed by atoms with Crippen LogP contribution in [-0.4, -0.2) is 26.4 Å². The van der Waals surface area contributed by atoms with Crippen LogP contribution < -0.4 is 0 Å². The van der Waals surface area contributed by atoms with E-state index in [1.54, 1.807) is 0 Å². The molecule has 0 radical (unpaired) electrons. The summed E-state index contributed by atoms with van der Waals surface area (Å²) in [5, 5.41) is 0. The molecule has 0 aromatic carbocycles. The summed E-state index contributed by atoms with van der Waals surface area (Å²) in [5.74, 6) is 2.74. The lowest BCUT2D eigenvalue weighted by atomic mass is 9.89. The highest BCUT2D eigenvalue weighted by molar-refractivity contribution is 4.68. The van der Waals surface area contributed by atoms with Crippen molar-refractivity contribution < 1.29 is 9.47 Å². The molecule has 0 N–H and O–H groups in total. The Labute approximate surface area is 174 Å². The van der Waals surface area contributed by atoms with Gasteiger partial charge in [0.15, 0.2) is 0 Å². The maximum Gasteiger partial charge on any atom is 0.0571 e. The molecule has 0 aromatic rings. The largest absolute Gasteiger partial charge is 0.381 e. The van der Waals surface area contributed by atoms with Crippen LogP contribution in [0.2, 0.25) is 0 Å². The first-order valence-corrected chi connectivity index (χ1v) is 12.0. The van der Waals surface area contributed by atoms with E-state index in [4.69, 9.17) is 9.47 Å². The van der Waals surface area contributed by atoms with Crippen molar-refractivity contribution in [2.45, 2.75) is 126 Å². The van der Waals surface area contributed by atoms with E-state index in [2.05, 4.69) is 48.5 Å². The third-order valence-electron chi connectivity index (χ3n) is 5.12. The normalized spacial score (nSPS) is 21.9. The summed E-state index contributed by atoms with van der Waals surface area (Å²) in [5.41, 5.74) is 0. The van der Waals surface area contributed by atoms with Crippen LogP contribution in [0.1, 0.15) is 120 Å². The fourth-order valence-electron chi connectivity index (χ4n) is 2.28. The smallest absolute Gasteiger partial charge is 0.0571 e. The van der Waals surface area contributed by atoms with E-state index in [0.29, 0.717) is 6.10 Å². The number of hydrogen-bond donors (Lipinski definition) is 0. The third kappa shape index (κ3) is 28.2. The first kappa shape index (κ1) is 31.6. The molecule has 0 atom stereocenters. The van der Waals surface area contributed by atoms with Crippen molar-refractivity contribution in [3.63, 3.8) is 0 Å². The Kier molecular flexibility index (Phi) is 30.3. The van der Waals surface area contributed by atoms with Gasteiger partial charge in [0.1, 0.15) is 0 Å². The van der Waals surface area contributed by atoms with Crippen molar-refractivity contribution >= 4 is 0 Å². The van der Waals surface area contributed by atoms with Gasteiger partial charge in [-0.05, 0) is 56.3 Å². The van der Waals surface area contributed by atoms with Crippen molar-refractivity contribution in [1.82, 2.24) is 0 Å². The number of rotatable bonds is 3. The van der Waals surface area contributed by atoms with Gasteiger partial charge < -0.3 is 9.47 Å². The molecule has 1 aliphatic heterocycles. The van der Waals surface area contributed by atoms with Gasteiger partial charge in [-0.2, -0.15) is 0 Å².